The van der Waals surface area contributed by atoms with Crippen LogP contribution in [-0.2, 0) is 4.79 Å². The molecule has 0 spiro atoms. The Kier molecular flexibility index (Phi) is 4.80. The molecule has 0 aliphatic carbocycles. The molecule has 0 radical (unpaired) electrons. The number of likely N-dealkylation sites (N-methyl/N-ethyl adjacent to an activating group) is 1. The van der Waals surface area contributed by atoms with Crippen LogP contribution in [0.25, 0.3) is 11.0 Å². The van der Waals surface area contributed by atoms with Crippen molar-refractivity contribution < 1.29 is 14.0 Å². The van der Waals surface area contributed by atoms with Crippen molar-refractivity contribution in [1.82, 2.24) is 4.90 Å². The minimum atomic E-state index is -0.310. The topological polar surface area (TPSA) is 62.6 Å². The van der Waals surface area contributed by atoms with Crippen LogP contribution in [0.3, 0.4) is 0 Å². The van der Waals surface area contributed by atoms with Gasteiger partial charge in [0.15, 0.2) is 5.76 Å². The fourth-order valence-electron chi connectivity index (χ4n) is 2.92. The number of carbonyl (C=O) groups is 2. The van der Waals surface area contributed by atoms with Gasteiger partial charge >= 0.3 is 0 Å². The lowest BCUT2D eigenvalue weighted by Crippen LogP contribution is -2.35. The first kappa shape index (κ1) is 17.7. The molecule has 2 amide bonds. The maximum Gasteiger partial charge on any atom is 0.290 e. The monoisotopic (exact) mass is 350 g/mol. The Bertz CT molecular complexity index is 988. The number of nitrogens with one attached hydrogen (secondary N) is 1. The molecule has 2 aromatic carbocycles. The van der Waals surface area contributed by atoms with Gasteiger partial charge in [-0.3, -0.25) is 9.59 Å². The second-order valence-electron chi connectivity index (χ2n) is 6.51. The molecule has 134 valence electrons. The largest absolute Gasteiger partial charge is 0.451 e. The molecule has 3 aromatic rings. The molecule has 0 bridgehead atoms. The van der Waals surface area contributed by atoms with Crippen LogP contribution < -0.4 is 5.32 Å². The van der Waals surface area contributed by atoms with Gasteiger partial charge in [0.1, 0.15) is 5.58 Å². The second kappa shape index (κ2) is 7.04. The molecule has 0 aliphatic rings. The van der Waals surface area contributed by atoms with Crippen LogP contribution in [0.5, 0.6) is 0 Å². The van der Waals surface area contributed by atoms with Gasteiger partial charge in [-0.05, 0) is 44.0 Å². The van der Waals surface area contributed by atoms with Crippen molar-refractivity contribution in [3.05, 3.63) is 64.9 Å². The summed E-state index contributed by atoms with van der Waals surface area (Å²) in [6, 6.07) is 13.2. The lowest BCUT2D eigenvalue weighted by molar-refractivity contribution is -0.116. The smallest absolute Gasteiger partial charge is 0.290 e. The number of benzene rings is 2. The van der Waals surface area contributed by atoms with E-state index in [1.54, 1.807) is 7.05 Å². The van der Waals surface area contributed by atoms with Gasteiger partial charge in [-0.1, -0.05) is 30.3 Å². The van der Waals surface area contributed by atoms with Crippen LogP contribution in [0.1, 0.15) is 27.2 Å². The van der Waals surface area contributed by atoms with Crippen molar-refractivity contribution in [2.24, 2.45) is 0 Å². The van der Waals surface area contributed by atoms with Gasteiger partial charge in [0, 0.05) is 23.7 Å². The van der Waals surface area contributed by atoms with Crippen molar-refractivity contribution in [2.45, 2.75) is 20.8 Å². The number of amides is 2. The average Bonchev–Trinajstić information content (AvgIpc) is 2.95. The van der Waals surface area contributed by atoms with E-state index < -0.39 is 0 Å². The highest BCUT2D eigenvalue weighted by Crippen LogP contribution is 2.25. The van der Waals surface area contributed by atoms with Crippen molar-refractivity contribution >= 4 is 28.5 Å². The van der Waals surface area contributed by atoms with Gasteiger partial charge in [-0.2, -0.15) is 0 Å². The lowest BCUT2D eigenvalue weighted by atomic mass is 10.1. The normalized spacial score (nSPS) is 10.8. The van der Waals surface area contributed by atoms with E-state index in [-0.39, 0.29) is 24.1 Å². The molecule has 1 N–H and O–H groups in total. The molecule has 1 aromatic heterocycles. The predicted molar refractivity (Wildman–Crippen MR) is 102 cm³/mol. The maximum absolute atomic E-state index is 12.7. The van der Waals surface area contributed by atoms with Gasteiger partial charge in [0.05, 0.1) is 6.54 Å². The number of nitrogens with zero attached hydrogens (tertiary/aromatic N) is 1. The highest BCUT2D eigenvalue weighted by atomic mass is 16.3. The molecular formula is C21H22N2O3. The van der Waals surface area contributed by atoms with Crippen LogP contribution in [0, 0.1) is 20.8 Å². The van der Waals surface area contributed by atoms with Crippen molar-refractivity contribution in [3.8, 4) is 0 Å². The van der Waals surface area contributed by atoms with Gasteiger partial charge in [0.2, 0.25) is 5.91 Å². The average molecular weight is 350 g/mol. The number of para-hydroxylation sites is 1. The summed E-state index contributed by atoms with van der Waals surface area (Å²) >= 11 is 0. The third-order valence-electron chi connectivity index (χ3n) is 4.64. The SMILES string of the molecule is Cc1cccc(NC(=O)CN(C)C(=O)c2oc3ccccc3c2C)c1C. The summed E-state index contributed by atoms with van der Waals surface area (Å²) in [5, 5.41) is 3.77. The Balaban J connectivity index is 1.73. The number of aryl methyl sites for hydroxylation is 2. The summed E-state index contributed by atoms with van der Waals surface area (Å²) in [4.78, 5) is 26.4. The zero-order valence-electron chi connectivity index (χ0n) is 15.4. The number of anilines is 1. The molecule has 0 aliphatic heterocycles. The highest BCUT2D eigenvalue weighted by molar-refractivity contribution is 6.01. The van der Waals surface area contributed by atoms with Gasteiger partial charge in [-0.15, -0.1) is 0 Å². The van der Waals surface area contributed by atoms with Gasteiger partial charge in [-0.25, -0.2) is 0 Å². The highest BCUT2D eigenvalue weighted by Gasteiger charge is 2.22. The first-order chi connectivity index (χ1) is 12.4. The zero-order valence-corrected chi connectivity index (χ0v) is 15.4. The van der Waals surface area contributed by atoms with E-state index in [0.717, 1.165) is 27.8 Å². The molecule has 5 heteroatoms. The number of furan rings is 1. The first-order valence-electron chi connectivity index (χ1n) is 8.48. The third-order valence-corrected chi connectivity index (χ3v) is 4.64. The summed E-state index contributed by atoms with van der Waals surface area (Å²) in [6.07, 6.45) is 0. The van der Waals surface area contributed by atoms with E-state index in [4.69, 9.17) is 4.42 Å². The Morgan fingerprint density at radius 2 is 1.73 bits per heavy atom. The minimum Gasteiger partial charge on any atom is -0.451 e. The zero-order chi connectivity index (χ0) is 18.8. The second-order valence-corrected chi connectivity index (χ2v) is 6.51. The Hall–Kier alpha value is -3.08. The van der Waals surface area contributed by atoms with Crippen LogP contribution in [0.15, 0.2) is 46.9 Å². The number of carbonyl (C=O) groups excluding carboxylic acids is 2. The third kappa shape index (κ3) is 3.33. The van der Waals surface area contributed by atoms with Gasteiger partial charge < -0.3 is 14.6 Å². The van der Waals surface area contributed by atoms with E-state index in [1.807, 2.05) is 63.2 Å². The summed E-state index contributed by atoms with van der Waals surface area (Å²) < 4.78 is 5.69. The number of fused-ring (bicyclic) bond motifs is 1. The van der Waals surface area contributed by atoms with Crippen LogP contribution >= 0.6 is 0 Å². The molecule has 3 rings (SSSR count). The Morgan fingerprint density at radius 3 is 2.46 bits per heavy atom. The molecule has 0 unspecified atom stereocenters. The fraction of sp³-hybridized carbons (Fsp3) is 0.238. The van der Waals surface area contributed by atoms with Crippen LogP contribution in [0.4, 0.5) is 5.69 Å². The van der Waals surface area contributed by atoms with Gasteiger partial charge in [0.25, 0.3) is 5.91 Å². The van der Waals surface area contributed by atoms with E-state index >= 15 is 0 Å². The molecule has 5 nitrogen and oxygen atoms in total. The molecular weight excluding hydrogens is 328 g/mol. The van der Waals surface area contributed by atoms with Crippen molar-refractivity contribution in [3.63, 3.8) is 0 Å². The molecule has 0 saturated heterocycles. The fourth-order valence-corrected chi connectivity index (χ4v) is 2.92. The maximum atomic E-state index is 12.7. The standard InChI is InChI=1S/C21H22N2O3/c1-13-8-7-10-17(14(13)2)22-19(24)12-23(4)21(25)20-15(3)16-9-5-6-11-18(16)26-20/h5-11H,12H2,1-4H3,(H,22,24). The summed E-state index contributed by atoms with van der Waals surface area (Å²) in [7, 11) is 1.59. The molecule has 1 heterocycles. The summed E-state index contributed by atoms with van der Waals surface area (Å²) in [6.45, 7) is 5.74. The number of hydrogen-bond acceptors (Lipinski definition) is 3. The van der Waals surface area contributed by atoms with E-state index in [2.05, 4.69) is 5.32 Å². The van der Waals surface area contributed by atoms with Crippen molar-refractivity contribution in [1.29, 1.82) is 0 Å². The lowest BCUT2D eigenvalue weighted by Gasteiger charge is -2.17. The molecule has 26 heavy (non-hydrogen) atoms. The van der Waals surface area contributed by atoms with E-state index in [0.29, 0.717) is 5.58 Å². The summed E-state index contributed by atoms with van der Waals surface area (Å²) in [5.41, 5.74) is 4.33. The quantitative estimate of drug-likeness (QED) is 0.771. The van der Waals surface area contributed by atoms with Crippen LogP contribution in [-0.4, -0.2) is 30.3 Å². The summed E-state index contributed by atoms with van der Waals surface area (Å²) in [5.74, 6) is -0.286. The molecule has 0 atom stereocenters. The first-order valence-corrected chi connectivity index (χ1v) is 8.48. The van der Waals surface area contributed by atoms with E-state index in [1.165, 1.54) is 4.90 Å². The number of rotatable bonds is 4. The minimum absolute atomic E-state index is 0.0529. The Labute approximate surface area is 152 Å². The Morgan fingerprint density at radius 1 is 1.00 bits per heavy atom. The van der Waals surface area contributed by atoms with Crippen LogP contribution in [0.2, 0.25) is 0 Å². The predicted octanol–water partition coefficient (Wildman–Crippen LogP) is 4.07. The molecule has 0 saturated carbocycles. The number of hydrogen-bond donors (Lipinski definition) is 1. The molecule has 0 fully saturated rings. The van der Waals surface area contributed by atoms with E-state index in [9.17, 15) is 9.59 Å². The van der Waals surface area contributed by atoms with Crippen molar-refractivity contribution in [2.75, 3.05) is 18.9 Å².